The van der Waals surface area contributed by atoms with Crippen molar-refractivity contribution in [3.8, 4) is 0 Å². The van der Waals surface area contributed by atoms with E-state index in [0.717, 1.165) is 5.82 Å². The molecule has 0 aliphatic rings. The lowest BCUT2D eigenvalue weighted by Crippen LogP contribution is -2.12. The van der Waals surface area contributed by atoms with Gasteiger partial charge in [-0.25, -0.2) is 4.98 Å². The molecular weight excluding hydrogens is 180 g/mol. The molecule has 0 saturated heterocycles. The molecule has 1 rings (SSSR count). The number of aromatic nitrogens is 2. The molecule has 1 heterocycles. The zero-order valence-corrected chi connectivity index (χ0v) is 7.47. The van der Waals surface area contributed by atoms with Crippen molar-refractivity contribution in [3.05, 3.63) is 18.2 Å². The fourth-order valence-electron chi connectivity index (χ4n) is 0.787. The number of aromatic amines is 1. The number of aliphatic carboxylic acids is 1. The monoisotopic (exact) mass is 190 g/mol. The van der Waals surface area contributed by atoms with Crippen LogP contribution in [0.2, 0.25) is 0 Å². The Labute approximate surface area is 76.4 Å². The third-order valence-corrected chi connectivity index (χ3v) is 1.48. The molecule has 1 aromatic heterocycles. The number of nitrogens with one attached hydrogen (secondary N) is 1. The molecule has 0 spiro atoms. The predicted octanol–water partition coefficient (Wildman–Crippen LogP) is 1.09. The van der Waals surface area contributed by atoms with E-state index in [1.54, 1.807) is 19.3 Å². The van der Waals surface area contributed by atoms with E-state index in [9.17, 15) is 4.79 Å². The maximum atomic E-state index is 10.4. The zero-order valence-electron chi connectivity index (χ0n) is 6.65. The molecule has 0 unspecified atom stereocenters. The first kappa shape index (κ1) is 11.0. The van der Waals surface area contributed by atoms with Crippen LogP contribution in [0.5, 0.6) is 0 Å². The van der Waals surface area contributed by atoms with Crippen LogP contribution in [0, 0.1) is 5.92 Å². The van der Waals surface area contributed by atoms with E-state index in [0.29, 0.717) is 6.42 Å². The topological polar surface area (TPSA) is 66.0 Å². The lowest BCUT2D eigenvalue weighted by molar-refractivity contribution is -0.141. The zero-order chi connectivity index (χ0) is 8.27. The van der Waals surface area contributed by atoms with Crippen LogP contribution in [0.15, 0.2) is 12.4 Å². The highest BCUT2D eigenvalue weighted by Gasteiger charge is 2.12. The van der Waals surface area contributed by atoms with Crippen molar-refractivity contribution < 1.29 is 9.90 Å². The van der Waals surface area contributed by atoms with Crippen LogP contribution in [0.1, 0.15) is 12.7 Å². The highest BCUT2D eigenvalue weighted by molar-refractivity contribution is 5.85. The van der Waals surface area contributed by atoms with Gasteiger partial charge in [0.2, 0.25) is 0 Å². The van der Waals surface area contributed by atoms with Gasteiger partial charge in [-0.05, 0) is 0 Å². The third-order valence-electron chi connectivity index (χ3n) is 1.48. The number of rotatable bonds is 3. The summed E-state index contributed by atoms with van der Waals surface area (Å²) in [6.45, 7) is 1.66. The highest BCUT2D eigenvalue weighted by Crippen LogP contribution is 2.02. The van der Waals surface area contributed by atoms with Gasteiger partial charge in [0.05, 0.1) is 5.92 Å². The molecule has 0 radical (unpaired) electrons. The standard InChI is InChI=1S/C7H10N2O2.ClH/c1-5(7(10)11)4-6-8-2-3-9-6;/h2-3,5H,4H2,1H3,(H,8,9)(H,10,11);1H/t5-;/m0./s1. The minimum atomic E-state index is -0.790. The fourth-order valence-corrected chi connectivity index (χ4v) is 0.787. The first-order valence-corrected chi connectivity index (χ1v) is 3.41. The molecule has 0 aliphatic heterocycles. The van der Waals surface area contributed by atoms with Gasteiger partial charge in [-0.3, -0.25) is 4.79 Å². The first-order valence-electron chi connectivity index (χ1n) is 3.41. The summed E-state index contributed by atoms with van der Waals surface area (Å²) in [5, 5.41) is 8.54. The highest BCUT2D eigenvalue weighted by atomic mass is 35.5. The maximum absolute atomic E-state index is 10.4. The Balaban J connectivity index is 0.00000121. The molecule has 0 bridgehead atoms. The number of hydrogen-bond acceptors (Lipinski definition) is 2. The predicted molar refractivity (Wildman–Crippen MR) is 46.3 cm³/mol. The summed E-state index contributed by atoms with van der Waals surface area (Å²) in [6.07, 6.45) is 3.76. The number of hydrogen-bond donors (Lipinski definition) is 2. The quantitative estimate of drug-likeness (QED) is 0.750. The Morgan fingerprint density at radius 2 is 2.50 bits per heavy atom. The van der Waals surface area contributed by atoms with Crippen molar-refractivity contribution in [1.29, 1.82) is 0 Å². The number of carboxylic acids is 1. The van der Waals surface area contributed by atoms with Gasteiger partial charge < -0.3 is 10.1 Å². The van der Waals surface area contributed by atoms with Gasteiger partial charge in [0.15, 0.2) is 0 Å². The average Bonchev–Trinajstić information content (AvgIpc) is 2.39. The number of H-pyrrole nitrogens is 1. The molecule has 2 N–H and O–H groups in total. The Bertz CT molecular complexity index is 236. The maximum Gasteiger partial charge on any atom is 0.306 e. The van der Waals surface area contributed by atoms with E-state index < -0.39 is 5.97 Å². The average molecular weight is 191 g/mol. The van der Waals surface area contributed by atoms with Crippen molar-refractivity contribution in [2.75, 3.05) is 0 Å². The number of carbonyl (C=O) groups is 1. The SMILES string of the molecule is C[C@@H](Cc1ncc[nH]1)C(=O)O.Cl. The van der Waals surface area contributed by atoms with Crippen LogP contribution in [-0.4, -0.2) is 21.0 Å². The fraction of sp³-hybridized carbons (Fsp3) is 0.429. The van der Waals surface area contributed by atoms with Gasteiger partial charge in [0.1, 0.15) is 5.82 Å². The summed E-state index contributed by atoms with van der Waals surface area (Å²) in [6, 6.07) is 0. The first-order chi connectivity index (χ1) is 5.20. The lowest BCUT2D eigenvalue weighted by Gasteiger charge is -2.01. The van der Waals surface area contributed by atoms with Crippen molar-refractivity contribution in [1.82, 2.24) is 9.97 Å². The molecule has 12 heavy (non-hydrogen) atoms. The molecule has 0 fully saturated rings. The molecule has 4 nitrogen and oxygen atoms in total. The van der Waals surface area contributed by atoms with E-state index in [-0.39, 0.29) is 18.3 Å². The molecule has 0 saturated carbocycles. The van der Waals surface area contributed by atoms with Crippen molar-refractivity contribution in [2.24, 2.45) is 5.92 Å². The number of imidazole rings is 1. The van der Waals surface area contributed by atoms with Crippen LogP contribution in [0.4, 0.5) is 0 Å². The van der Waals surface area contributed by atoms with Crippen LogP contribution in [0.25, 0.3) is 0 Å². The lowest BCUT2D eigenvalue weighted by atomic mass is 10.1. The van der Waals surface area contributed by atoms with Crippen molar-refractivity contribution >= 4 is 18.4 Å². The third kappa shape index (κ3) is 2.92. The molecule has 0 aliphatic carbocycles. The second-order valence-corrected chi connectivity index (χ2v) is 2.48. The van der Waals surface area contributed by atoms with Crippen LogP contribution in [-0.2, 0) is 11.2 Å². The van der Waals surface area contributed by atoms with E-state index >= 15 is 0 Å². The second-order valence-electron chi connectivity index (χ2n) is 2.48. The Hall–Kier alpha value is -1.03. The van der Waals surface area contributed by atoms with Crippen LogP contribution < -0.4 is 0 Å². The summed E-state index contributed by atoms with van der Waals surface area (Å²) in [4.78, 5) is 17.2. The number of carboxylic acid groups (broad SMARTS) is 1. The summed E-state index contributed by atoms with van der Waals surface area (Å²) in [7, 11) is 0. The molecule has 68 valence electrons. The molecule has 0 amide bonds. The Morgan fingerprint density at radius 1 is 1.83 bits per heavy atom. The van der Waals surface area contributed by atoms with Gasteiger partial charge in [-0.1, -0.05) is 6.92 Å². The van der Waals surface area contributed by atoms with Crippen LogP contribution >= 0.6 is 12.4 Å². The van der Waals surface area contributed by atoms with Gasteiger partial charge in [-0.2, -0.15) is 0 Å². The van der Waals surface area contributed by atoms with Gasteiger partial charge in [0.25, 0.3) is 0 Å². The van der Waals surface area contributed by atoms with E-state index in [1.165, 1.54) is 0 Å². The second kappa shape index (κ2) is 4.77. The summed E-state index contributed by atoms with van der Waals surface area (Å²) in [5.74, 6) is -0.442. The Kier molecular flexibility index (Phi) is 4.36. The molecule has 0 aromatic carbocycles. The Morgan fingerprint density at radius 3 is 2.92 bits per heavy atom. The molecule has 5 heteroatoms. The molecule has 1 atom stereocenters. The van der Waals surface area contributed by atoms with Crippen molar-refractivity contribution in [2.45, 2.75) is 13.3 Å². The van der Waals surface area contributed by atoms with Gasteiger partial charge in [0, 0.05) is 18.8 Å². The molecular formula is C7H11ClN2O2. The van der Waals surface area contributed by atoms with Gasteiger partial charge >= 0.3 is 5.97 Å². The van der Waals surface area contributed by atoms with Gasteiger partial charge in [-0.15, -0.1) is 12.4 Å². The normalized spacial score (nSPS) is 11.8. The summed E-state index contributed by atoms with van der Waals surface area (Å²) >= 11 is 0. The minimum Gasteiger partial charge on any atom is -0.481 e. The van der Waals surface area contributed by atoms with E-state index in [2.05, 4.69) is 9.97 Å². The molecule has 1 aromatic rings. The largest absolute Gasteiger partial charge is 0.481 e. The smallest absolute Gasteiger partial charge is 0.306 e. The minimum absolute atomic E-state index is 0. The number of nitrogens with zero attached hydrogens (tertiary/aromatic N) is 1. The van der Waals surface area contributed by atoms with Crippen LogP contribution in [0.3, 0.4) is 0 Å². The summed E-state index contributed by atoms with van der Waals surface area (Å²) < 4.78 is 0. The van der Waals surface area contributed by atoms with E-state index in [4.69, 9.17) is 5.11 Å². The summed E-state index contributed by atoms with van der Waals surface area (Å²) in [5.41, 5.74) is 0. The van der Waals surface area contributed by atoms with E-state index in [1.807, 2.05) is 0 Å². The van der Waals surface area contributed by atoms with Crippen molar-refractivity contribution in [3.63, 3.8) is 0 Å². The number of halogens is 1.